The van der Waals surface area contributed by atoms with Gasteiger partial charge in [0.05, 0.1) is 13.0 Å². The van der Waals surface area contributed by atoms with Crippen LogP contribution < -0.4 is 4.90 Å². The SMILES string of the molecule is O=C(Cc1cccc(CO)c1)N1CCN(c2ccc3nncn3n2)CC1. The number of aliphatic hydroxyl groups excluding tert-OH is 1. The summed E-state index contributed by atoms with van der Waals surface area (Å²) in [4.78, 5) is 16.6. The van der Waals surface area contributed by atoms with Crippen molar-refractivity contribution < 1.29 is 9.90 Å². The molecule has 3 aromatic rings. The fourth-order valence-corrected chi connectivity index (χ4v) is 3.20. The number of hydrogen-bond acceptors (Lipinski definition) is 6. The van der Waals surface area contributed by atoms with Gasteiger partial charge in [0.25, 0.3) is 0 Å². The molecule has 134 valence electrons. The lowest BCUT2D eigenvalue weighted by atomic mass is 10.1. The minimum absolute atomic E-state index is 0.00944. The van der Waals surface area contributed by atoms with Crippen molar-refractivity contribution in [2.24, 2.45) is 0 Å². The summed E-state index contributed by atoms with van der Waals surface area (Å²) in [5.74, 6) is 0.974. The van der Waals surface area contributed by atoms with Crippen LogP contribution in [0.4, 0.5) is 5.82 Å². The molecule has 0 radical (unpaired) electrons. The lowest BCUT2D eigenvalue weighted by Gasteiger charge is -2.35. The van der Waals surface area contributed by atoms with Crippen molar-refractivity contribution in [1.82, 2.24) is 24.7 Å². The van der Waals surface area contributed by atoms with E-state index in [9.17, 15) is 9.90 Å². The monoisotopic (exact) mass is 352 g/mol. The van der Waals surface area contributed by atoms with Gasteiger partial charge >= 0.3 is 0 Å². The Kier molecular flexibility index (Phi) is 4.49. The van der Waals surface area contributed by atoms with E-state index in [0.29, 0.717) is 25.2 Å². The molecule has 0 saturated carbocycles. The predicted octanol–water partition coefficient (Wildman–Crippen LogP) is 0.508. The van der Waals surface area contributed by atoms with Crippen molar-refractivity contribution in [2.75, 3.05) is 31.1 Å². The molecule has 1 aliphatic heterocycles. The van der Waals surface area contributed by atoms with Crippen LogP contribution in [0, 0.1) is 0 Å². The number of hydrogen-bond donors (Lipinski definition) is 1. The first-order chi connectivity index (χ1) is 12.7. The van der Waals surface area contributed by atoms with Crippen LogP contribution in [-0.2, 0) is 17.8 Å². The van der Waals surface area contributed by atoms with E-state index in [4.69, 9.17) is 0 Å². The van der Waals surface area contributed by atoms with Crippen LogP contribution in [0.1, 0.15) is 11.1 Å². The number of piperazine rings is 1. The number of fused-ring (bicyclic) bond motifs is 1. The van der Waals surface area contributed by atoms with E-state index in [1.807, 2.05) is 41.3 Å². The number of anilines is 1. The highest BCUT2D eigenvalue weighted by molar-refractivity contribution is 5.79. The Morgan fingerprint density at radius 2 is 1.88 bits per heavy atom. The molecule has 0 aliphatic carbocycles. The van der Waals surface area contributed by atoms with E-state index in [0.717, 1.165) is 30.0 Å². The summed E-state index contributed by atoms with van der Waals surface area (Å²) < 4.78 is 1.65. The first kappa shape index (κ1) is 16.5. The van der Waals surface area contributed by atoms with Crippen molar-refractivity contribution >= 4 is 17.4 Å². The number of amides is 1. The Hall–Kier alpha value is -3.00. The van der Waals surface area contributed by atoms with Gasteiger partial charge in [-0.05, 0) is 23.3 Å². The van der Waals surface area contributed by atoms with E-state index in [2.05, 4.69) is 20.2 Å². The number of aromatic nitrogens is 4. The Balaban J connectivity index is 1.37. The number of aliphatic hydroxyl groups is 1. The lowest BCUT2D eigenvalue weighted by molar-refractivity contribution is -0.130. The summed E-state index contributed by atoms with van der Waals surface area (Å²) in [5, 5.41) is 21.5. The fraction of sp³-hybridized carbons (Fsp3) is 0.333. The molecular formula is C18H20N6O2. The molecule has 1 N–H and O–H groups in total. The molecule has 4 rings (SSSR count). The average Bonchev–Trinajstić information content (AvgIpc) is 3.16. The molecule has 3 heterocycles. The third-order valence-corrected chi connectivity index (χ3v) is 4.63. The number of carbonyl (C=O) groups is 1. The molecule has 0 spiro atoms. The van der Waals surface area contributed by atoms with Crippen molar-refractivity contribution in [2.45, 2.75) is 13.0 Å². The van der Waals surface area contributed by atoms with Crippen molar-refractivity contribution in [3.05, 3.63) is 53.9 Å². The highest BCUT2D eigenvalue weighted by atomic mass is 16.3. The second-order valence-corrected chi connectivity index (χ2v) is 6.35. The van der Waals surface area contributed by atoms with Crippen LogP contribution >= 0.6 is 0 Å². The van der Waals surface area contributed by atoms with Gasteiger partial charge in [-0.25, -0.2) is 0 Å². The van der Waals surface area contributed by atoms with Crippen LogP contribution in [0.3, 0.4) is 0 Å². The summed E-state index contributed by atoms with van der Waals surface area (Å²) in [5.41, 5.74) is 2.48. The zero-order valence-corrected chi connectivity index (χ0v) is 14.3. The molecular weight excluding hydrogens is 332 g/mol. The molecule has 8 nitrogen and oxygen atoms in total. The molecule has 1 aliphatic rings. The van der Waals surface area contributed by atoms with Crippen molar-refractivity contribution in [1.29, 1.82) is 0 Å². The van der Waals surface area contributed by atoms with E-state index >= 15 is 0 Å². The zero-order chi connectivity index (χ0) is 17.9. The molecule has 26 heavy (non-hydrogen) atoms. The number of nitrogens with zero attached hydrogens (tertiary/aromatic N) is 6. The van der Waals surface area contributed by atoms with E-state index in [-0.39, 0.29) is 12.5 Å². The Morgan fingerprint density at radius 3 is 2.69 bits per heavy atom. The molecule has 0 unspecified atom stereocenters. The highest BCUT2D eigenvalue weighted by Gasteiger charge is 2.22. The van der Waals surface area contributed by atoms with E-state index < -0.39 is 0 Å². The van der Waals surface area contributed by atoms with Crippen LogP contribution in [0.25, 0.3) is 5.65 Å². The Morgan fingerprint density at radius 1 is 1.08 bits per heavy atom. The van der Waals surface area contributed by atoms with E-state index in [1.54, 1.807) is 10.8 Å². The second-order valence-electron chi connectivity index (χ2n) is 6.35. The number of benzene rings is 1. The predicted molar refractivity (Wildman–Crippen MR) is 95.6 cm³/mol. The summed E-state index contributed by atoms with van der Waals surface area (Å²) in [7, 11) is 0. The fourth-order valence-electron chi connectivity index (χ4n) is 3.20. The molecule has 1 aromatic carbocycles. The lowest BCUT2D eigenvalue weighted by Crippen LogP contribution is -2.49. The summed E-state index contributed by atoms with van der Waals surface area (Å²) in [6.45, 7) is 2.80. The van der Waals surface area contributed by atoms with Crippen LogP contribution in [-0.4, -0.2) is 61.9 Å². The second kappa shape index (κ2) is 7.09. The quantitative estimate of drug-likeness (QED) is 0.736. The highest BCUT2D eigenvalue weighted by Crippen LogP contribution is 2.15. The molecule has 0 atom stereocenters. The largest absolute Gasteiger partial charge is 0.392 e. The van der Waals surface area contributed by atoms with Gasteiger partial charge in [0, 0.05) is 26.2 Å². The zero-order valence-electron chi connectivity index (χ0n) is 14.3. The van der Waals surface area contributed by atoms with Crippen LogP contribution in [0.2, 0.25) is 0 Å². The maximum absolute atomic E-state index is 12.6. The third-order valence-electron chi connectivity index (χ3n) is 4.63. The number of carbonyl (C=O) groups excluding carboxylic acids is 1. The van der Waals surface area contributed by atoms with E-state index in [1.165, 1.54) is 0 Å². The molecule has 1 saturated heterocycles. The molecule has 1 amide bonds. The van der Waals surface area contributed by atoms with Gasteiger partial charge in [-0.3, -0.25) is 4.79 Å². The van der Waals surface area contributed by atoms with Gasteiger partial charge in [-0.2, -0.15) is 4.52 Å². The van der Waals surface area contributed by atoms with Gasteiger partial charge in [-0.15, -0.1) is 15.3 Å². The smallest absolute Gasteiger partial charge is 0.227 e. The molecule has 1 fully saturated rings. The van der Waals surface area contributed by atoms with Crippen LogP contribution in [0.15, 0.2) is 42.7 Å². The Bertz CT molecular complexity index is 917. The topological polar surface area (TPSA) is 86.9 Å². The third kappa shape index (κ3) is 3.36. The summed E-state index contributed by atoms with van der Waals surface area (Å²) >= 11 is 0. The maximum Gasteiger partial charge on any atom is 0.227 e. The maximum atomic E-state index is 12.6. The minimum atomic E-state index is -0.00944. The van der Waals surface area contributed by atoms with Gasteiger partial charge < -0.3 is 14.9 Å². The first-order valence-corrected chi connectivity index (χ1v) is 8.61. The molecule has 0 bridgehead atoms. The molecule has 2 aromatic heterocycles. The summed E-state index contributed by atoms with van der Waals surface area (Å²) in [6, 6.07) is 11.4. The van der Waals surface area contributed by atoms with Crippen LogP contribution in [0.5, 0.6) is 0 Å². The number of rotatable bonds is 4. The van der Waals surface area contributed by atoms with Gasteiger partial charge in [0.1, 0.15) is 12.1 Å². The minimum Gasteiger partial charge on any atom is -0.392 e. The molecule has 8 heteroatoms. The van der Waals surface area contributed by atoms with Gasteiger partial charge in [0.15, 0.2) is 5.65 Å². The van der Waals surface area contributed by atoms with Crippen molar-refractivity contribution in [3.63, 3.8) is 0 Å². The Labute approximate surface area is 150 Å². The van der Waals surface area contributed by atoms with Gasteiger partial charge in [-0.1, -0.05) is 24.3 Å². The normalized spacial score (nSPS) is 14.8. The van der Waals surface area contributed by atoms with Crippen molar-refractivity contribution in [3.8, 4) is 0 Å². The average molecular weight is 352 g/mol. The van der Waals surface area contributed by atoms with Gasteiger partial charge in [0.2, 0.25) is 5.91 Å². The first-order valence-electron chi connectivity index (χ1n) is 8.61. The standard InChI is InChI=1S/C18H20N6O2/c25-12-15-3-1-2-14(10-15)11-18(26)23-8-6-22(7-9-23)17-5-4-16-20-19-13-24(16)21-17/h1-5,10,13,25H,6-9,11-12H2. The summed E-state index contributed by atoms with van der Waals surface area (Å²) in [6.07, 6.45) is 1.94.